The van der Waals surface area contributed by atoms with Crippen LogP contribution in [-0.4, -0.2) is 32.1 Å². The fourth-order valence-corrected chi connectivity index (χ4v) is 2.52. The predicted octanol–water partition coefficient (Wildman–Crippen LogP) is 3.41. The number of benzene rings is 1. The summed E-state index contributed by atoms with van der Waals surface area (Å²) in [4.78, 5) is 1.37. The highest BCUT2D eigenvalue weighted by Crippen LogP contribution is 2.20. The molecule has 0 atom stereocenters. The van der Waals surface area contributed by atoms with Crippen LogP contribution < -0.4 is 5.32 Å². The van der Waals surface area contributed by atoms with Crippen molar-refractivity contribution >= 4 is 11.8 Å². The Morgan fingerprint density at radius 1 is 1.17 bits per heavy atom. The van der Waals surface area contributed by atoms with E-state index in [0.717, 1.165) is 38.5 Å². The van der Waals surface area contributed by atoms with Crippen molar-refractivity contribution in [3.05, 3.63) is 29.3 Å². The molecule has 0 aromatic heterocycles. The van der Waals surface area contributed by atoms with E-state index < -0.39 is 0 Å². The number of ether oxygens (including phenoxy) is 1. The molecular formula is C15H25NOS. The Labute approximate surface area is 116 Å². The highest BCUT2D eigenvalue weighted by Gasteiger charge is 1.97. The van der Waals surface area contributed by atoms with Crippen molar-refractivity contribution < 1.29 is 4.74 Å². The monoisotopic (exact) mass is 267 g/mol. The maximum Gasteiger partial charge on any atom is 0.0477 e. The maximum atomic E-state index is 5.29. The van der Waals surface area contributed by atoms with E-state index in [4.69, 9.17) is 4.74 Å². The number of nitrogens with one attached hydrogen (secondary N) is 1. The summed E-state index contributed by atoms with van der Waals surface area (Å²) in [5, 5.41) is 3.44. The third kappa shape index (κ3) is 6.43. The van der Waals surface area contributed by atoms with Crippen molar-refractivity contribution in [2.75, 3.05) is 32.1 Å². The van der Waals surface area contributed by atoms with E-state index in [2.05, 4.69) is 37.4 Å². The molecule has 18 heavy (non-hydrogen) atoms. The van der Waals surface area contributed by atoms with Gasteiger partial charge in [0.05, 0.1) is 0 Å². The first-order chi connectivity index (χ1) is 8.74. The first-order valence-electron chi connectivity index (χ1n) is 6.72. The second-order valence-electron chi connectivity index (χ2n) is 4.40. The van der Waals surface area contributed by atoms with Crippen molar-refractivity contribution in [2.45, 2.75) is 32.1 Å². The molecule has 1 N–H and O–H groups in total. The molecule has 0 amide bonds. The minimum atomic E-state index is 0.822. The van der Waals surface area contributed by atoms with Crippen LogP contribution in [0.5, 0.6) is 0 Å². The molecule has 0 spiro atoms. The second kappa shape index (κ2) is 9.42. The van der Waals surface area contributed by atoms with E-state index in [-0.39, 0.29) is 0 Å². The van der Waals surface area contributed by atoms with Gasteiger partial charge < -0.3 is 10.1 Å². The lowest BCUT2D eigenvalue weighted by atomic mass is 10.1. The van der Waals surface area contributed by atoms with Gasteiger partial charge in [-0.15, -0.1) is 11.8 Å². The van der Waals surface area contributed by atoms with Crippen molar-refractivity contribution in [1.82, 2.24) is 5.32 Å². The summed E-state index contributed by atoms with van der Waals surface area (Å²) in [5.74, 6) is 1.12. The Kier molecular flexibility index (Phi) is 8.14. The van der Waals surface area contributed by atoms with Gasteiger partial charge in [0.1, 0.15) is 0 Å². The quantitative estimate of drug-likeness (QED) is 0.547. The molecule has 0 saturated carbocycles. The second-order valence-corrected chi connectivity index (χ2v) is 5.56. The van der Waals surface area contributed by atoms with Gasteiger partial charge in [-0.1, -0.05) is 6.07 Å². The average molecular weight is 267 g/mol. The zero-order chi connectivity index (χ0) is 13.2. The maximum absolute atomic E-state index is 5.29. The van der Waals surface area contributed by atoms with E-state index in [1.54, 1.807) is 0 Å². The normalized spacial score (nSPS) is 10.8. The number of aryl methyl sites for hydroxylation is 2. The Bertz CT molecular complexity index is 341. The first kappa shape index (κ1) is 15.5. The summed E-state index contributed by atoms with van der Waals surface area (Å²) in [6.07, 6.45) is 1.10. The molecule has 2 nitrogen and oxygen atoms in total. The number of thioether (sulfide) groups is 1. The van der Waals surface area contributed by atoms with Crippen molar-refractivity contribution in [2.24, 2.45) is 0 Å². The smallest absolute Gasteiger partial charge is 0.0477 e. The third-order valence-corrected chi connectivity index (χ3v) is 3.87. The lowest BCUT2D eigenvalue weighted by Crippen LogP contribution is -2.19. The molecule has 0 unspecified atom stereocenters. The van der Waals surface area contributed by atoms with Gasteiger partial charge in [-0.05, 0) is 57.0 Å². The Balaban J connectivity index is 2.05. The summed E-state index contributed by atoms with van der Waals surface area (Å²) in [6.45, 7) is 10.2. The van der Waals surface area contributed by atoms with E-state index in [1.165, 1.54) is 16.0 Å². The van der Waals surface area contributed by atoms with Crippen LogP contribution in [0.2, 0.25) is 0 Å². The van der Waals surface area contributed by atoms with Gasteiger partial charge in [-0.3, -0.25) is 0 Å². The third-order valence-electron chi connectivity index (χ3n) is 2.87. The molecule has 1 aromatic rings. The zero-order valence-electron chi connectivity index (χ0n) is 11.8. The van der Waals surface area contributed by atoms with Crippen LogP contribution in [-0.2, 0) is 4.74 Å². The molecule has 0 aliphatic rings. The molecule has 0 heterocycles. The minimum Gasteiger partial charge on any atom is -0.382 e. The van der Waals surface area contributed by atoms with E-state index >= 15 is 0 Å². The van der Waals surface area contributed by atoms with Gasteiger partial charge in [0.25, 0.3) is 0 Å². The van der Waals surface area contributed by atoms with Crippen molar-refractivity contribution in [3.63, 3.8) is 0 Å². The van der Waals surface area contributed by atoms with E-state index in [1.807, 2.05) is 18.7 Å². The SMILES string of the molecule is CCOCCCNCCSc1ccc(C)c(C)c1. The van der Waals surface area contributed by atoms with Crippen LogP contribution in [0.1, 0.15) is 24.5 Å². The molecule has 3 heteroatoms. The van der Waals surface area contributed by atoms with Crippen LogP contribution in [0.4, 0.5) is 0 Å². The van der Waals surface area contributed by atoms with Gasteiger partial charge in [0.15, 0.2) is 0 Å². The molecule has 102 valence electrons. The lowest BCUT2D eigenvalue weighted by molar-refractivity contribution is 0.145. The molecule has 1 rings (SSSR count). The molecule has 1 aromatic carbocycles. The Morgan fingerprint density at radius 2 is 2.00 bits per heavy atom. The zero-order valence-corrected chi connectivity index (χ0v) is 12.6. The van der Waals surface area contributed by atoms with Gasteiger partial charge in [0.2, 0.25) is 0 Å². The molecular weight excluding hydrogens is 242 g/mol. The first-order valence-corrected chi connectivity index (χ1v) is 7.71. The Morgan fingerprint density at radius 3 is 2.72 bits per heavy atom. The molecule has 0 saturated heterocycles. The highest BCUT2D eigenvalue weighted by atomic mass is 32.2. The predicted molar refractivity (Wildman–Crippen MR) is 80.6 cm³/mol. The lowest BCUT2D eigenvalue weighted by Gasteiger charge is -2.06. The molecule has 0 radical (unpaired) electrons. The van der Waals surface area contributed by atoms with Gasteiger partial charge in [-0.2, -0.15) is 0 Å². The fraction of sp³-hybridized carbons (Fsp3) is 0.600. The average Bonchev–Trinajstić information content (AvgIpc) is 2.37. The van der Waals surface area contributed by atoms with Crippen LogP contribution in [0.3, 0.4) is 0 Å². The van der Waals surface area contributed by atoms with Gasteiger partial charge in [-0.25, -0.2) is 0 Å². The highest BCUT2D eigenvalue weighted by molar-refractivity contribution is 7.99. The topological polar surface area (TPSA) is 21.3 Å². The summed E-state index contributed by atoms with van der Waals surface area (Å²) < 4.78 is 5.29. The van der Waals surface area contributed by atoms with Crippen LogP contribution in [0, 0.1) is 13.8 Å². The molecule has 0 fully saturated rings. The van der Waals surface area contributed by atoms with Gasteiger partial charge in [0, 0.05) is 30.4 Å². The summed E-state index contributed by atoms with van der Waals surface area (Å²) in [5.41, 5.74) is 2.75. The largest absolute Gasteiger partial charge is 0.382 e. The molecule has 0 aliphatic heterocycles. The standard InChI is InChI=1S/C15H25NOS/c1-4-17-10-5-8-16-9-11-18-15-7-6-13(2)14(3)12-15/h6-7,12,16H,4-5,8-11H2,1-3H3. The van der Waals surface area contributed by atoms with E-state index in [9.17, 15) is 0 Å². The van der Waals surface area contributed by atoms with E-state index in [0.29, 0.717) is 0 Å². The van der Waals surface area contributed by atoms with Crippen molar-refractivity contribution in [1.29, 1.82) is 0 Å². The minimum absolute atomic E-state index is 0.822. The number of rotatable bonds is 9. The van der Waals surface area contributed by atoms with Crippen LogP contribution >= 0.6 is 11.8 Å². The number of hydrogen-bond donors (Lipinski definition) is 1. The summed E-state index contributed by atoms with van der Waals surface area (Å²) in [6, 6.07) is 6.68. The van der Waals surface area contributed by atoms with Crippen LogP contribution in [0.15, 0.2) is 23.1 Å². The fourth-order valence-electron chi connectivity index (χ4n) is 1.61. The summed E-state index contributed by atoms with van der Waals surface area (Å²) in [7, 11) is 0. The summed E-state index contributed by atoms with van der Waals surface area (Å²) >= 11 is 1.92. The Hall–Kier alpha value is -0.510. The molecule has 0 bridgehead atoms. The van der Waals surface area contributed by atoms with Crippen molar-refractivity contribution in [3.8, 4) is 0 Å². The van der Waals surface area contributed by atoms with Gasteiger partial charge >= 0.3 is 0 Å². The number of hydrogen-bond acceptors (Lipinski definition) is 3. The molecule has 0 aliphatic carbocycles. The van der Waals surface area contributed by atoms with Crippen LogP contribution in [0.25, 0.3) is 0 Å².